The summed E-state index contributed by atoms with van der Waals surface area (Å²) in [5.74, 6) is 1.40. The van der Waals surface area contributed by atoms with Gasteiger partial charge in [0.15, 0.2) is 0 Å². The van der Waals surface area contributed by atoms with E-state index < -0.39 is 0 Å². The van der Waals surface area contributed by atoms with Gasteiger partial charge in [-0.3, -0.25) is 0 Å². The van der Waals surface area contributed by atoms with Crippen molar-refractivity contribution in [3.8, 4) is 5.75 Å². The van der Waals surface area contributed by atoms with Crippen LogP contribution in [0.15, 0.2) is 91.0 Å². The molecular formula is C24H21NO. The molecule has 0 aliphatic carbocycles. The molecular weight excluding hydrogens is 318 g/mol. The van der Waals surface area contributed by atoms with Crippen LogP contribution in [0.4, 0.5) is 0 Å². The van der Waals surface area contributed by atoms with Crippen LogP contribution < -0.4 is 4.74 Å². The fourth-order valence-electron chi connectivity index (χ4n) is 4.19. The maximum absolute atomic E-state index is 6.05. The summed E-state index contributed by atoms with van der Waals surface area (Å²) in [6.07, 6.45) is 2.40. The first kappa shape index (κ1) is 15.3. The van der Waals surface area contributed by atoms with Crippen molar-refractivity contribution in [3.05, 3.63) is 108 Å². The highest BCUT2D eigenvalue weighted by atomic mass is 16.5. The fourth-order valence-corrected chi connectivity index (χ4v) is 4.19. The van der Waals surface area contributed by atoms with Gasteiger partial charge in [-0.15, -0.1) is 0 Å². The molecule has 5 rings (SSSR count). The molecule has 0 N–H and O–H groups in total. The van der Waals surface area contributed by atoms with Crippen molar-refractivity contribution in [1.29, 1.82) is 0 Å². The van der Waals surface area contributed by atoms with Crippen LogP contribution in [0.3, 0.4) is 0 Å². The Morgan fingerprint density at radius 2 is 1.50 bits per heavy atom. The van der Waals surface area contributed by atoms with Crippen molar-refractivity contribution in [1.82, 2.24) is 4.90 Å². The molecule has 128 valence electrons. The first-order chi connectivity index (χ1) is 12.9. The monoisotopic (exact) mass is 339 g/mol. The summed E-state index contributed by atoms with van der Waals surface area (Å²) < 4.78 is 6.05. The summed E-state index contributed by atoms with van der Waals surface area (Å²) in [4.78, 5) is 2.55. The molecule has 0 saturated carbocycles. The van der Waals surface area contributed by atoms with E-state index in [0.29, 0.717) is 12.0 Å². The first-order valence-corrected chi connectivity index (χ1v) is 9.20. The van der Waals surface area contributed by atoms with Gasteiger partial charge in [0, 0.05) is 23.7 Å². The number of fused-ring (bicyclic) bond motifs is 3. The van der Waals surface area contributed by atoms with Crippen LogP contribution in [-0.4, -0.2) is 11.5 Å². The van der Waals surface area contributed by atoms with Crippen LogP contribution >= 0.6 is 0 Å². The molecule has 2 heterocycles. The lowest BCUT2D eigenvalue weighted by atomic mass is 9.92. The topological polar surface area (TPSA) is 12.5 Å². The molecule has 2 aliphatic rings. The molecule has 0 saturated heterocycles. The van der Waals surface area contributed by atoms with E-state index in [0.717, 1.165) is 18.9 Å². The second kappa shape index (κ2) is 6.38. The zero-order chi connectivity index (χ0) is 17.3. The van der Waals surface area contributed by atoms with E-state index in [9.17, 15) is 0 Å². The maximum Gasteiger partial charge on any atom is 0.124 e. The SMILES string of the molecule is C1=C(c2ccccc2)N(Cc2ccccc2)C2c3ccccc3OCC12. The molecule has 0 amide bonds. The minimum absolute atomic E-state index is 0.329. The zero-order valence-corrected chi connectivity index (χ0v) is 14.6. The van der Waals surface area contributed by atoms with Crippen LogP contribution in [0.5, 0.6) is 5.75 Å². The highest BCUT2D eigenvalue weighted by molar-refractivity contribution is 5.68. The van der Waals surface area contributed by atoms with Crippen molar-refractivity contribution < 1.29 is 4.74 Å². The van der Waals surface area contributed by atoms with Gasteiger partial charge in [0.1, 0.15) is 5.75 Å². The Kier molecular flexibility index (Phi) is 3.75. The number of rotatable bonds is 3. The van der Waals surface area contributed by atoms with Crippen molar-refractivity contribution in [2.24, 2.45) is 5.92 Å². The average molecular weight is 339 g/mol. The number of nitrogens with zero attached hydrogens (tertiary/aromatic N) is 1. The average Bonchev–Trinajstić information content (AvgIpc) is 3.08. The van der Waals surface area contributed by atoms with E-state index in [1.807, 2.05) is 0 Å². The number of ether oxygens (including phenoxy) is 1. The third kappa shape index (κ3) is 2.59. The van der Waals surface area contributed by atoms with Crippen LogP contribution in [0.2, 0.25) is 0 Å². The highest BCUT2D eigenvalue weighted by Crippen LogP contribution is 2.48. The maximum atomic E-state index is 6.05. The van der Waals surface area contributed by atoms with Gasteiger partial charge in [-0.05, 0) is 17.2 Å². The van der Waals surface area contributed by atoms with Gasteiger partial charge in [0.2, 0.25) is 0 Å². The van der Waals surface area contributed by atoms with Crippen LogP contribution in [0.1, 0.15) is 22.7 Å². The van der Waals surface area contributed by atoms with Gasteiger partial charge in [0.25, 0.3) is 0 Å². The summed E-state index contributed by atoms with van der Waals surface area (Å²) in [5, 5.41) is 0. The lowest BCUT2D eigenvalue weighted by molar-refractivity contribution is 0.162. The largest absolute Gasteiger partial charge is 0.493 e. The Labute approximate surface area is 154 Å². The number of hydrogen-bond donors (Lipinski definition) is 0. The Morgan fingerprint density at radius 3 is 2.31 bits per heavy atom. The Bertz CT molecular complexity index is 933. The molecule has 2 unspecified atom stereocenters. The predicted octanol–water partition coefficient (Wildman–Crippen LogP) is 5.29. The highest BCUT2D eigenvalue weighted by Gasteiger charge is 2.40. The van der Waals surface area contributed by atoms with E-state index in [1.165, 1.54) is 22.4 Å². The summed E-state index contributed by atoms with van der Waals surface area (Å²) in [7, 11) is 0. The fraction of sp³-hybridized carbons (Fsp3) is 0.167. The number of hydrogen-bond acceptors (Lipinski definition) is 2. The number of para-hydroxylation sites is 1. The van der Waals surface area contributed by atoms with Gasteiger partial charge in [-0.2, -0.15) is 0 Å². The zero-order valence-electron chi connectivity index (χ0n) is 14.6. The predicted molar refractivity (Wildman–Crippen MR) is 105 cm³/mol. The van der Waals surface area contributed by atoms with Crippen molar-refractivity contribution >= 4 is 5.70 Å². The molecule has 0 aromatic heterocycles. The lowest BCUT2D eigenvalue weighted by Gasteiger charge is -2.36. The Hall–Kier alpha value is -3.00. The molecule has 0 radical (unpaired) electrons. The lowest BCUT2D eigenvalue weighted by Crippen LogP contribution is -2.31. The van der Waals surface area contributed by atoms with Crippen LogP contribution in [-0.2, 0) is 6.54 Å². The normalized spacial score (nSPS) is 20.8. The quantitative estimate of drug-likeness (QED) is 0.642. The van der Waals surface area contributed by atoms with E-state index in [1.54, 1.807) is 0 Å². The van der Waals surface area contributed by atoms with E-state index in [-0.39, 0.29) is 0 Å². The van der Waals surface area contributed by atoms with E-state index >= 15 is 0 Å². The summed E-state index contributed by atoms with van der Waals surface area (Å²) in [6, 6.07) is 30.2. The second-order valence-electron chi connectivity index (χ2n) is 6.99. The van der Waals surface area contributed by atoms with Crippen molar-refractivity contribution in [2.75, 3.05) is 6.61 Å². The summed E-state index contributed by atoms with van der Waals surface area (Å²) in [6.45, 7) is 1.64. The molecule has 26 heavy (non-hydrogen) atoms. The molecule has 0 bridgehead atoms. The molecule has 0 spiro atoms. The molecule has 3 aromatic rings. The van der Waals surface area contributed by atoms with Gasteiger partial charge < -0.3 is 9.64 Å². The summed E-state index contributed by atoms with van der Waals surface area (Å²) >= 11 is 0. The smallest absolute Gasteiger partial charge is 0.124 e. The van der Waals surface area contributed by atoms with Crippen LogP contribution in [0.25, 0.3) is 5.70 Å². The van der Waals surface area contributed by atoms with Gasteiger partial charge in [-0.1, -0.05) is 84.9 Å². The van der Waals surface area contributed by atoms with Gasteiger partial charge in [-0.25, -0.2) is 0 Å². The van der Waals surface area contributed by atoms with Gasteiger partial charge in [0.05, 0.1) is 12.6 Å². The van der Waals surface area contributed by atoms with Gasteiger partial charge >= 0.3 is 0 Å². The Balaban J connectivity index is 1.59. The van der Waals surface area contributed by atoms with Crippen molar-refractivity contribution in [2.45, 2.75) is 12.6 Å². The third-order valence-electron chi connectivity index (χ3n) is 5.36. The molecule has 0 fully saturated rings. The minimum Gasteiger partial charge on any atom is -0.493 e. The Morgan fingerprint density at radius 1 is 0.808 bits per heavy atom. The first-order valence-electron chi connectivity index (χ1n) is 9.20. The van der Waals surface area contributed by atoms with Crippen LogP contribution in [0, 0.1) is 5.92 Å². The third-order valence-corrected chi connectivity index (χ3v) is 5.36. The second-order valence-corrected chi connectivity index (χ2v) is 6.99. The van der Waals surface area contributed by atoms with Crippen molar-refractivity contribution in [3.63, 3.8) is 0 Å². The number of benzene rings is 3. The molecule has 2 atom stereocenters. The standard InChI is InChI=1S/C24H21NO/c1-3-9-18(10-4-1)16-25-22(19-11-5-2-6-12-19)15-20-17-26-23-14-8-7-13-21(23)24(20)25/h1-15,20,24H,16-17H2. The molecule has 3 aromatic carbocycles. The molecule has 2 nitrogen and oxygen atoms in total. The van der Waals surface area contributed by atoms with E-state index in [4.69, 9.17) is 4.74 Å². The molecule has 2 aliphatic heterocycles. The summed E-state index contributed by atoms with van der Waals surface area (Å²) in [5.41, 5.74) is 5.21. The molecule has 2 heteroatoms. The minimum atomic E-state index is 0.329. The van der Waals surface area contributed by atoms with E-state index in [2.05, 4.69) is 95.9 Å².